The molecule has 3 aromatic rings. The number of fused-ring (bicyclic) bond motifs is 1. The predicted octanol–water partition coefficient (Wildman–Crippen LogP) is 5.14. The molecule has 2 fully saturated rings. The molecule has 1 spiro atoms. The Hall–Kier alpha value is -3.67. The number of alkyl halides is 2. The number of carbonyl (C=O) groups is 1. The summed E-state index contributed by atoms with van der Waals surface area (Å²) < 4.78 is 43.2. The summed E-state index contributed by atoms with van der Waals surface area (Å²) in [4.78, 5) is 18.6. The molecule has 1 aromatic heterocycles. The fourth-order valence-electron chi connectivity index (χ4n) is 5.01. The summed E-state index contributed by atoms with van der Waals surface area (Å²) >= 11 is 0. The van der Waals surface area contributed by atoms with Crippen molar-refractivity contribution in [1.82, 2.24) is 9.55 Å². The van der Waals surface area contributed by atoms with E-state index < -0.39 is 23.5 Å². The van der Waals surface area contributed by atoms with Gasteiger partial charge < -0.3 is 14.0 Å². The van der Waals surface area contributed by atoms with Gasteiger partial charge in [-0.25, -0.2) is 18.6 Å². The summed E-state index contributed by atoms with van der Waals surface area (Å²) in [6.45, 7) is 2.48. The molecule has 2 aromatic carbocycles. The molecule has 1 unspecified atom stereocenters. The van der Waals surface area contributed by atoms with Gasteiger partial charge in [0.15, 0.2) is 0 Å². The molecule has 5 rings (SSSR count). The Kier molecular flexibility index (Phi) is 5.39. The van der Waals surface area contributed by atoms with Gasteiger partial charge in [0.05, 0.1) is 47.8 Å². The van der Waals surface area contributed by atoms with Gasteiger partial charge >= 0.3 is 6.09 Å². The number of carbonyl (C=O) groups excluding carboxylic acids is 1. The molecule has 176 valence electrons. The molecule has 1 saturated carbocycles. The second-order valence-electron chi connectivity index (χ2n) is 8.91. The third-order valence-corrected chi connectivity index (χ3v) is 6.72. The Labute approximate surface area is 195 Å². The van der Waals surface area contributed by atoms with E-state index in [1.165, 1.54) is 11.2 Å². The third-order valence-electron chi connectivity index (χ3n) is 6.72. The van der Waals surface area contributed by atoms with Crippen molar-refractivity contribution in [2.45, 2.75) is 44.3 Å². The first-order valence-electron chi connectivity index (χ1n) is 11.3. The molecule has 9 heteroatoms. The lowest BCUT2D eigenvalue weighted by atomic mass is 9.75. The number of rotatable bonds is 5. The van der Waals surface area contributed by atoms with Gasteiger partial charge in [0, 0.05) is 18.9 Å². The Balaban J connectivity index is 1.41. The molecular weight excluding hydrogens is 442 g/mol. The normalized spacial score (nSPS) is 23.8. The van der Waals surface area contributed by atoms with Crippen LogP contribution in [0.5, 0.6) is 5.75 Å². The number of aromatic nitrogens is 2. The van der Waals surface area contributed by atoms with Crippen LogP contribution in [0.25, 0.3) is 11.0 Å². The van der Waals surface area contributed by atoms with Crippen LogP contribution in [0.2, 0.25) is 0 Å². The van der Waals surface area contributed by atoms with Crippen molar-refractivity contribution in [2.75, 3.05) is 18.1 Å². The van der Waals surface area contributed by atoms with Crippen LogP contribution in [0.15, 0.2) is 48.8 Å². The Bertz CT molecular complexity index is 1280. The molecule has 0 N–H and O–H groups in total. The first-order chi connectivity index (χ1) is 16.3. The lowest BCUT2D eigenvalue weighted by molar-refractivity contribution is -0.139. The maximum atomic E-state index is 15.1. The maximum absolute atomic E-state index is 15.1. The average Bonchev–Trinajstić information content (AvgIpc) is 3.37. The van der Waals surface area contributed by atoms with Crippen LogP contribution in [0.1, 0.15) is 31.7 Å². The minimum Gasteiger partial charge on any atom is -0.492 e. The summed E-state index contributed by atoms with van der Waals surface area (Å²) in [5.74, 6) is -3.42. The third kappa shape index (κ3) is 3.83. The Morgan fingerprint density at radius 2 is 2.09 bits per heavy atom. The number of imidazole rings is 1. The standard InChI is InChI=1S/C25H24F2N4O3/c1-2-33-22-6-4-3-5-20(22)31-15-24(34-23(31)32)9-10-25(26,27)18(12-24)14-30-16-29-19-8-7-17(13-28)11-21(19)30/h3-8,11,16,18H,2,9-10,12,14-15H2,1H3/t18?,24-/m1/s1. The first-order valence-corrected chi connectivity index (χ1v) is 11.3. The number of ether oxygens (including phenoxy) is 2. The molecule has 0 bridgehead atoms. The largest absolute Gasteiger partial charge is 0.492 e. The van der Waals surface area contributed by atoms with Gasteiger partial charge in [-0.3, -0.25) is 4.90 Å². The molecule has 1 amide bonds. The molecule has 2 heterocycles. The van der Waals surface area contributed by atoms with Crippen molar-refractivity contribution >= 4 is 22.8 Å². The quantitative estimate of drug-likeness (QED) is 0.520. The molecule has 1 aliphatic carbocycles. The fraction of sp³-hybridized carbons (Fsp3) is 0.400. The van der Waals surface area contributed by atoms with Crippen LogP contribution < -0.4 is 9.64 Å². The van der Waals surface area contributed by atoms with E-state index in [9.17, 15) is 10.1 Å². The summed E-state index contributed by atoms with van der Waals surface area (Å²) in [5, 5.41) is 9.20. The minimum atomic E-state index is -2.92. The average molecular weight is 466 g/mol. The van der Waals surface area contributed by atoms with Crippen LogP contribution in [0, 0.1) is 17.2 Å². The van der Waals surface area contributed by atoms with Crippen molar-refractivity contribution in [3.05, 3.63) is 54.4 Å². The molecule has 2 atom stereocenters. The molecule has 0 radical (unpaired) electrons. The van der Waals surface area contributed by atoms with Crippen LogP contribution in [0.4, 0.5) is 19.3 Å². The number of amides is 1. The van der Waals surface area contributed by atoms with Crippen molar-refractivity contribution < 1.29 is 23.0 Å². The highest BCUT2D eigenvalue weighted by Crippen LogP contribution is 2.49. The van der Waals surface area contributed by atoms with E-state index in [0.29, 0.717) is 34.6 Å². The van der Waals surface area contributed by atoms with Gasteiger partial charge in [-0.15, -0.1) is 0 Å². The van der Waals surface area contributed by atoms with E-state index in [1.54, 1.807) is 41.0 Å². The van der Waals surface area contributed by atoms with Crippen molar-refractivity contribution in [3.63, 3.8) is 0 Å². The number of nitriles is 1. The lowest BCUT2D eigenvalue weighted by Crippen LogP contribution is -2.48. The van der Waals surface area contributed by atoms with Gasteiger partial charge in [-0.05, 0) is 50.1 Å². The monoisotopic (exact) mass is 466 g/mol. The Morgan fingerprint density at radius 3 is 2.88 bits per heavy atom. The molecule has 34 heavy (non-hydrogen) atoms. The van der Waals surface area contributed by atoms with E-state index in [4.69, 9.17) is 9.47 Å². The number of para-hydroxylation sites is 2. The first kappa shape index (κ1) is 22.1. The number of nitrogens with zero attached hydrogens (tertiary/aromatic N) is 4. The second-order valence-corrected chi connectivity index (χ2v) is 8.91. The highest BCUT2D eigenvalue weighted by molar-refractivity contribution is 5.92. The van der Waals surface area contributed by atoms with Gasteiger partial charge in [0.1, 0.15) is 11.4 Å². The number of benzene rings is 2. The van der Waals surface area contributed by atoms with Crippen molar-refractivity contribution in [3.8, 4) is 11.8 Å². The van der Waals surface area contributed by atoms with Crippen LogP contribution in [0.3, 0.4) is 0 Å². The van der Waals surface area contributed by atoms with Crippen molar-refractivity contribution in [2.24, 2.45) is 5.92 Å². The maximum Gasteiger partial charge on any atom is 0.415 e. The summed E-state index contributed by atoms with van der Waals surface area (Å²) in [7, 11) is 0. The second kappa shape index (κ2) is 8.28. The lowest BCUT2D eigenvalue weighted by Gasteiger charge is -2.41. The summed E-state index contributed by atoms with van der Waals surface area (Å²) in [6, 6.07) is 14.2. The van der Waals surface area contributed by atoms with Crippen molar-refractivity contribution in [1.29, 1.82) is 5.26 Å². The van der Waals surface area contributed by atoms with E-state index in [2.05, 4.69) is 11.1 Å². The molecule has 1 aliphatic heterocycles. The molecule has 2 aliphatic rings. The van der Waals surface area contributed by atoms with Crippen LogP contribution >= 0.6 is 0 Å². The molecular formula is C25H24F2N4O3. The zero-order valence-corrected chi connectivity index (χ0v) is 18.7. The number of anilines is 1. The van der Waals surface area contributed by atoms with Gasteiger partial charge in [-0.2, -0.15) is 5.26 Å². The topological polar surface area (TPSA) is 80.4 Å². The van der Waals surface area contributed by atoms with Gasteiger partial charge in [0.2, 0.25) is 0 Å². The minimum absolute atomic E-state index is 0.00716. The van der Waals surface area contributed by atoms with Gasteiger partial charge in [0.25, 0.3) is 5.92 Å². The fourth-order valence-corrected chi connectivity index (χ4v) is 5.01. The zero-order valence-electron chi connectivity index (χ0n) is 18.7. The van der Waals surface area contributed by atoms with Crippen LogP contribution in [-0.4, -0.2) is 40.3 Å². The highest BCUT2D eigenvalue weighted by Gasteiger charge is 2.56. The number of hydrogen-bond acceptors (Lipinski definition) is 5. The predicted molar refractivity (Wildman–Crippen MR) is 121 cm³/mol. The number of halogens is 2. The zero-order chi connectivity index (χ0) is 23.9. The smallest absolute Gasteiger partial charge is 0.415 e. The van der Waals surface area contributed by atoms with E-state index in [0.717, 1.165) is 0 Å². The van der Waals surface area contributed by atoms with E-state index in [-0.39, 0.29) is 32.4 Å². The highest BCUT2D eigenvalue weighted by atomic mass is 19.3. The summed E-state index contributed by atoms with van der Waals surface area (Å²) in [6.07, 6.45) is 0.703. The molecule has 1 saturated heterocycles. The van der Waals surface area contributed by atoms with Crippen LogP contribution in [-0.2, 0) is 11.3 Å². The Morgan fingerprint density at radius 1 is 1.26 bits per heavy atom. The van der Waals surface area contributed by atoms with E-state index in [1.807, 2.05) is 13.0 Å². The summed E-state index contributed by atoms with van der Waals surface area (Å²) in [5.41, 5.74) is 1.28. The van der Waals surface area contributed by atoms with Gasteiger partial charge in [-0.1, -0.05) is 12.1 Å². The molecule has 7 nitrogen and oxygen atoms in total. The SMILES string of the molecule is CCOc1ccccc1N1C[C@]2(CCC(F)(F)C(Cn3cnc4ccc(C#N)cc43)C2)OC1=O. The number of hydrogen-bond donors (Lipinski definition) is 0. The van der Waals surface area contributed by atoms with E-state index >= 15 is 8.78 Å².